The van der Waals surface area contributed by atoms with Gasteiger partial charge < -0.3 is 14.4 Å². The number of carbonyl (C=O) groups excluding carboxylic acids is 1. The maximum absolute atomic E-state index is 13.3. The zero-order chi connectivity index (χ0) is 18.5. The number of allylic oxidation sites excluding steroid dienone is 1. The van der Waals surface area contributed by atoms with Crippen LogP contribution in [0.1, 0.15) is 40.4 Å². The van der Waals surface area contributed by atoms with E-state index in [0.29, 0.717) is 23.5 Å². The molecule has 0 saturated carbocycles. The quantitative estimate of drug-likeness (QED) is 0.724. The van der Waals surface area contributed by atoms with E-state index in [1.165, 1.54) is 5.56 Å². The van der Waals surface area contributed by atoms with Gasteiger partial charge in [-0.25, -0.2) is 0 Å². The molecule has 136 valence electrons. The Kier molecular flexibility index (Phi) is 5.61. The van der Waals surface area contributed by atoms with E-state index in [2.05, 4.69) is 18.7 Å². The van der Waals surface area contributed by atoms with Gasteiger partial charge in [-0.15, -0.1) is 6.58 Å². The average molecular weight is 351 g/mol. The van der Waals surface area contributed by atoms with Gasteiger partial charge in [0, 0.05) is 17.7 Å². The fourth-order valence-electron chi connectivity index (χ4n) is 3.67. The van der Waals surface area contributed by atoms with Gasteiger partial charge in [-0.05, 0) is 37.0 Å². The van der Waals surface area contributed by atoms with E-state index in [0.717, 1.165) is 24.9 Å². The van der Waals surface area contributed by atoms with Crippen molar-refractivity contribution in [3.8, 4) is 11.5 Å². The van der Waals surface area contributed by atoms with E-state index >= 15 is 0 Å². The van der Waals surface area contributed by atoms with E-state index in [9.17, 15) is 4.79 Å². The molecular weight excluding hydrogens is 326 g/mol. The van der Waals surface area contributed by atoms with Gasteiger partial charge in [0.1, 0.15) is 0 Å². The Labute approximate surface area is 155 Å². The van der Waals surface area contributed by atoms with Crippen LogP contribution in [0.15, 0.2) is 55.1 Å². The van der Waals surface area contributed by atoms with Gasteiger partial charge in [0.25, 0.3) is 5.91 Å². The molecule has 0 aromatic heterocycles. The first-order valence-electron chi connectivity index (χ1n) is 8.91. The monoisotopic (exact) mass is 351 g/mol. The minimum Gasteiger partial charge on any atom is -0.493 e. The van der Waals surface area contributed by atoms with Gasteiger partial charge >= 0.3 is 0 Å². The Morgan fingerprint density at radius 2 is 2.00 bits per heavy atom. The maximum atomic E-state index is 13.3. The average Bonchev–Trinajstić information content (AvgIpc) is 3.17. The lowest BCUT2D eigenvalue weighted by Gasteiger charge is -2.26. The van der Waals surface area contributed by atoms with Gasteiger partial charge in [-0.1, -0.05) is 36.4 Å². The van der Waals surface area contributed by atoms with Gasteiger partial charge in [0.05, 0.1) is 20.3 Å². The molecular formula is C22H25NO3. The van der Waals surface area contributed by atoms with Crippen LogP contribution in [0, 0.1) is 0 Å². The molecule has 0 N–H and O–H groups in total. The smallest absolute Gasteiger partial charge is 0.254 e. The summed E-state index contributed by atoms with van der Waals surface area (Å²) in [5, 5.41) is 0. The van der Waals surface area contributed by atoms with Crippen molar-refractivity contribution in [3.63, 3.8) is 0 Å². The highest BCUT2D eigenvalue weighted by atomic mass is 16.5. The highest BCUT2D eigenvalue weighted by molar-refractivity contribution is 5.95. The summed E-state index contributed by atoms with van der Waals surface area (Å²) in [6.45, 7) is 4.57. The lowest BCUT2D eigenvalue weighted by Crippen LogP contribution is -2.30. The predicted octanol–water partition coefficient (Wildman–Crippen LogP) is 4.41. The van der Waals surface area contributed by atoms with E-state index in [4.69, 9.17) is 9.47 Å². The maximum Gasteiger partial charge on any atom is 0.254 e. The molecule has 1 heterocycles. The Hall–Kier alpha value is -2.75. The third-order valence-corrected chi connectivity index (χ3v) is 4.87. The number of amides is 1. The topological polar surface area (TPSA) is 38.8 Å². The summed E-state index contributed by atoms with van der Waals surface area (Å²) >= 11 is 0. The molecule has 2 aromatic rings. The van der Waals surface area contributed by atoms with Gasteiger partial charge in [-0.3, -0.25) is 4.79 Å². The first-order valence-corrected chi connectivity index (χ1v) is 8.91. The van der Waals surface area contributed by atoms with E-state index in [1.54, 1.807) is 26.4 Å². The van der Waals surface area contributed by atoms with E-state index < -0.39 is 0 Å². The number of benzene rings is 2. The SMILES string of the molecule is C=CCc1cc(C(=O)N2CCC[C@H]2c2ccccc2)cc(OC)c1OC. The number of carbonyl (C=O) groups is 1. The van der Waals surface area contributed by atoms with Crippen molar-refractivity contribution >= 4 is 5.91 Å². The Morgan fingerprint density at radius 1 is 1.23 bits per heavy atom. The summed E-state index contributed by atoms with van der Waals surface area (Å²) in [6, 6.07) is 14.0. The second kappa shape index (κ2) is 8.09. The predicted molar refractivity (Wildman–Crippen MR) is 103 cm³/mol. The molecule has 1 aliphatic rings. The van der Waals surface area contributed by atoms with Crippen LogP contribution in [0.25, 0.3) is 0 Å². The molecule has 4 heteroatoms. The van der Waals surface area contributed by atoms with Gasteiger partial charge in [0.15, 0.2) is 11.5 Å². The van der Waals surface area contributed by atoms with E-state index in [1.807, 2.05) is 29.2 Å². The van der Waals surface area contributed by atoms with Crippen molar-refractivity contribution in [1.29, 1.82) is 0 Å². The van der Waals surface area contributed by atoms with Gasteiger partial charge in [-0.2, -0.15) is 0 Å². The van der Waals surface area contributed by atoms with Gasteiger partial charge in [0.2, 0.25) is 0 Å². The fourth-order valence-corrected chi connectivity index (χ4v) is 3.67. The lowest BCUT2D eigenvalue weighted by atomic mass is 10.0. The molecule has 3 rings (SSSR count). The first kappa shape index (κ1) is 18.1. The molecule has 0 spiro atoms. The number of ether oxygens (including phenoxy) is 2. The molecule has 2 aromatic carbocycles. The number of hydrogen-bond acceptors (Lipinski definition) is 3. The highest BCUT2D eigenvalue weighted by Crippen LogP contribution is 2.37. The number of likely N-dealkylation sites (tertiary alicyclic amines) is 1. The molecule has 0 aliphatic carbocycles. The summed E-state index contributed by atoms with van der Waals surface area (Å²) in [4.78, 5) is 15.2. The number of rotatable bonds is 6. The molecule has 0 bridgehead atoms. The van der Waals surface area contributed by atoms with Crippen molar-refractivity contribution < 1.29 is 14.3 Å². The zero-order valence-corrected chi connectivity index (χ0v) is 15.4. The Morgan fingerprint density at radius 3 is 2.65 bits per heavy atom. The van der Waals surface area contributed by atoms with Crippen LogP contribution < -0.4 is 9.47 Å². The van der Waals surface area contributed by atoms with Crippen LogP contribution in [0.4, 0.5) is 0 Å². The third-order valence-electron chi connectivity index (χ3n) is 4.87. The normalized spacial score (nSPS) is 16.4. The van der Waals surface area contributed by atoms with Crippen molar-refractivity contribution in [2.45, 2.75) is 25.3 Å². The van der Waals surface area contributed by atoms with Crippen LogP contribution in [-0.2, 0) is 6.42 Å². The third kappa shape index (κ3) is 3.45. The zero-order valence-electron chi connectivity index (χ0n) is 15.4. The Balaban J connectivity index is 1.96. The highest BCUT2D eigenvalue weighted by Gasteiger charge is 2.31. The van der Waals surface area contributed by atoms with Crippen LogP contribution in [0.2, 0.25) is 0 Å². The second-order valence-corrected chi connectivity index (χ2v) is 6.43. The summed E-state index contributed by atoms with van der Waals surface area (Å²) < 4.78 is 10.9. The number of hydrogen-bond donors (Lipinski definition) is 0. The molecule has 26 heavy (non-hydrogen) atoms. The summed E-state index contributed by atoms with van der Waals surface area (Å²) in [7, 11) is 3.20. The van der Waals surface area contributed by atoms with Crippen molar-refractivity contribution in [2.75, 3.05) is 20.8 Å². The fraction of sp³-hybridized carbons (Fsp3) is 0.318. The number of nitrogens with zero attached hydrogens (tertiary/aromatic N) is 1. The molecule has 1 atom stereocenters. The number of methoxy groups -OCH3 is 2. The minimum atomic E-state index is 0.0302. The van der Waals surface area contributed by atoms with Crippen molar-refractivity contribution in [3.05, 3.63) is 71.8 Å². The van der Waals surface area contributed by atoms with Crippen LogP contribution in [-0.4, -0.2) is 31.6 Å². The molecule has 4 nitrogen and oxygen atoms in total. The summed E-state index contributed by atoms with van der Waals surface area (Å²) in [5.41, 5.74) is 2.72. The standard InChI is InChI=1S/C22H25NO3/c1-4-9-17-14-18(15-20(25-2)21(17)26-3)22(24)23-13-8-12-19(23)16-10-6-5-7-11-16/h4-7,10-11,14-15,19H,1,8-9,12-13H2,2-3H3/t19-/m0/s1. The largest absolute Gasteiger partial charge is 0.493 e. The van der Waals surface area contributed by atoms with Crippen LogP contribution in [0.3, 0.4) is 0 Å². The summed E-state index contributed by atoms with van der Waals surface area (Å²) in [6.07, 6.45) is 4.41. The van der Waals surface area contributed by atoms with Crippen LogP contribution >= 0.6 is 0 Å². The molecule has 1 fully saturated rings. The second-order valence-electron chi connectivity index (χ2n) is 6.43. The van der Waals surface area contributed by atoms with E-state index in [-0.39, 0.29) is 11.9 Å². The van der Waals surface area contributed by atoms with Crippen LogP contribution in [0.5, 0.6) is 11.5 Å². The van der Waals surface area contributed by atoms with Crippen molar-refractivity contribution in [1.82, 2.24) is 4.90 Å². The minimum absolute atomic E-state index is 0.0302. The first-order chi connectivity index (χ1) is 12.7. The molecule has 0 unspecified atom stereocenters. The molecule has 0 radical (unpaired) electrons. The molecule has 1 amide bonds. The van der Waals surface area contributed by atoms with Crippen molar-refractivity contribution in [2.24, 2.45) is 0 Å². The molecule has 1 saturated heterocycles. The summed E-state index contributed by atoms with van der Waals surface area (Å²) in [5.74, 6) is 1.26. The Bertz CT molecular complexity index is 785. The molecule has 1 aliphatic heterocycles. The lowest BCUT2D eigenvalue weighted by molar-refractivity contribution is 0.0735.